The fourth-order valence-corrected chi connectivity index (χ4v) is 3.03. The second-order valence-electron chi connectivity index (χ2n) is 3.07. The summed E-state index contributed by atoms with van der Waals surface area (Å²) in [6.07, 6.45) is 7.13. The van der Waals surface area contributed by atoms with Crippen LogP contribution >= 0.6 is 22.6 Å². The van der Waals surface area contributed by atoms with Crippen molar-refractivity contribution in [2.75, 3.05) is 0 Å². The smallest absolute Gasteiger partial charge is 0.0184 e. The Morgan fingerprint density at radius 1 is 1.11 bits per heavy atom. The average molecular weight is 234 g/mol. The maximum atomic E-state index is 2.58. The second kappa shape index (κ2) is 2.26. The lowest BCUT2D eigenvalue weighted by atomic mass is 10.2. The zero-order valence-electron chi connectivity index (χ0n) is 5.49. The van der Waals surface area contributed by atoms with Gasteiger partial charge in [0.2, 0.25) is 0 Å². The molecule has 0 saturated carbocycles. The molecule has 0 fully saturated rings. The summed E-state index contributed by atoms with van der Waals surface area (Å²) in [7, 11) is 0. The Hall–Kier alpha value is 0.470. The van der Waals surface area contributed by atoms with E-state index in [-0.39, 0.29) is 0 Å². The molecule has 2 aliphatic rings. The summed E-state index contributed by atoms with van der Waals surface area (Å²) in [6.45, 7) is 0. The molecule has 0 aliphatic heterocycles. The molecule has 0 unspecified atom stereocenters. The van der Waals surface area contributed by atoms with Crippen molar-refractivity contribution in [3.8, 4) is 0 Å². The highest BCUT2D eigenvalue weighted by molar-refractivity contribution is 14.1. The first kappa shape index (κ1) is 6.20. The van der Waals surface area contributed by atoms with Crippen molar-refractivity contribution in [1.82, 2.24) is 0 Å². The van der Waals surface area contributed by atoms with Crippen LogP contribution in [0.3, 0.4) is 0 Å². The maximum absolute atomic E-state index is 2.58. The number of hydrogen-bond donors (Lipinski definition) is 0. The molecule has 0 N–H and O–H groups in total. The van der Waals surface area contributed by atoms with E-state index in [1.165, 1.54) is 32.1 Å². The molecule has 0 radical (unpaired) electrons. The standard InChI is InChI=1S/C8H11I/c9-8-4-6-2-1-3-7(6)5-8/h8H,1-5H2. The Labute approximate surface area is 69.9 Å². The van der Waals surface area contributed by atoms with Crippen LogP contribution in [0.2, 0.25) is 0 Å². The van der Waals surface area contributed by atoms with Crippen molar-refractivity contribution in [2.45, 2.75) is 36.0 Å². The molecule has 0 atom stereocenters. The van der Waals surface area contributed by atoms with Crippen molar-refractivity contribution in [2.24, 2.45) is 0 Å². The van der Waals surface area contributed by atoms with Crippen molar-refractivity contribution in [3.63, 3.8) is 0 Å². The minimum atomic E-state index is 0.952. The van der Waals surface area contributed by atoms with Gasteiger partial charge in [0.1, 0.15) is 0 Å². The molecule has 50 valence electrons. The van der Waals surface area contributed by atoms with Gasteiger partial charge in [-0.2, -0.15) is 0 Å². The molecular formula is C8H11I. The highest BCUT2D eigenvalue weighted by atomic mass is 127. The minimum Gasteiger partial charge on any atom is -0.0819 e. The number of allylic oxidation sites excluding steroid dienone is 2. The van der Waals surface area contributed by atoms with E-state index in [9.17, 15) is 0 Å². The number of rotatable bonds is 0. The van der Waals surface area contributed by atoms with E-state index >= 15 is 0 Å². The van der Waals surface area contributed by atoms with Crippen LogP contribution < -0.4 is 0 Å². The third-order valence-electron chi connectivity index (χ3n) is 2.39. The van der Waals surface area contributed by atoms with Gasteiger partial charge in [0.15, 0.2) is 0 Å². The van der Waals surface area contributed by atoms with E-state index in [2.05, 4.69) is 22.6 Å². The fourth-order valence-electron chi connectivity index (χ4n) is 1.97. The van der Waals surface area contributed by atoms with Crippen LogP contribution in [0.5, 0.6) is 0 Å². The molecule has 0 aromatic rings. The van der Waals surface area contributed by atoms with Gasteiger partial charge in [-0.3, -0.25) is 0 Å². The predicted molar refractivity (Wildman–Crippen MR) is 47.9 cm³/mol. The molecule has 0 nitrogen and oxygen atoms in total. The number of alkyl halides is 1. The first-order chi connectivity index (χ1) is 4.36. The minimum absolute atomic E-state index is 0.952. The van der Waals surface area contributed by atoms with Gasteiger partial charge in [-0.05, 0) is 32.1 Å². The molecule has 0 amide bonds. The Bertz CT molecular complexity index is 142. The zero-order valence-corrected chi connectivity index (χ0v) is 7.65. The first-order valence-electron chi connectivity index (χ1n) is 3.70. The van der Waals surface area contributed by atoms with Gasteiger partial charge in [0, 0.05) is 3.92 Å². The van der Waals surface area contributed by atoms with Gasteiger partial charge in [0.25, 0.3) is 0 Å². The van der Waals surface area contributed by atoms with Crippen LogP contribution in [-0.2, 0) is 0 Å². The van der Waals surface area contributed by atoms with Gasteiger partial charge >= 0.3 is 0 Å². The largest absolute Gasteiger partial charge is 0.0819 e. The molecule has 1 heteroatoms. The summed E-state index contributed by atoms with van der Waals surface area (Å²) >= 11 is 2.58. The summed E-state index contributed by atoms with van der Waals surface area (Å²) in [5.74, 6) is 0. The second-order valence-corrected chi connectivity index (χ2v) is 4.83. The van der Waals surface area contributed by atoms with E-state index in [1.54, 1.807) is 0 Å². The summed E-state index contributed by atoms with van der Waals surface area (Å²) < 4.78 is 0.952. The van der Waals surface area contributed by atoms with Crippen molar-refractivity contribution >= 4 is 22.6 Å². The molecular weight excluding hydrogens is 223 g/mol. The van der Waals surface area contributed by atoms with Gasteiger partial charge in [-0.25, -0.2) is 0 Å². The quantitative estimate of drug-likeness (QED) is 0.343. The maximum Gasteiger partial charge on any atom is 0.0184 e. The average Bonchev–Trinajstić information content (AvgIpc) is 2.22. The van der Waals surface area contributed by atoms with Crippen molar-refractivity contribution in [1.29, 1.82) is 0 Å². The molecule has 0 heterocycles. The van der Waals surface area contributed by atoms with Crippen molar-refractivity contribution < 1.29 is 0 Å². The normalized spacial score (nSPS) is 27.7. The summed E-state index contributed by atoms with van der Waals surface area (Å²) in [5.41, 5.74) is 3.63. The summed E-state index contributed by atoms with van der Waals surface area (Å²) in [4.78, 5) is 0. The molecule has 2 aliphatic carbocycles. The van der Waals surface area contributed by atoms with E-state index in [0.717, 1.165) is 3.92 Å². The third kappa shape index (κ3) is 1.04. The zero-order chi connectivity index (χ0) is 6.27. The van der Waals surface area contributed by atoms with Gasteiger partial charge in [0.05, 0.1) is 0 Å². The van der Waals surface area contributed by atoms with E-state index in [1.807, 2.05) is 11.1 Å². The van der Waals surface area contributed by atoms with Gasteiger partial charge in [-0.15, -0.1) is 0 Å². The monoisotopic (exact) mass is 234 g/mol. The Morgan fingerprint density at radius 3 is 2.22 bits per heavy atom. The van der Waals surface area contributed by atoms with Crippen LogP contribution in [0.15, 0.2) is 11.1 Å². The lowest BCUT2D eigenvalue weighted by molar-refractivity contribution is 0.794. The van der Waals surface area contributed by atoms with E-state index < -0.39 is 0 Å². The third-order valence-corrected chi connectivity index (χ3v) is 3.27. The molecule has 2 rings (SSSR count). The molecule has 0 bridgehead atoms. The fraction of sp³-hybridized carbons (Fsp3) is 0.750. The highest BCUT2D eigenvalue weighted by Crippen LogP contribution is 2.41. The topological polar surface area (TPSA) is 0 Å². The van der Waals surface area contributed by atoms with Crippen LogP contribution in [-0.4, -0.2) is 3.92 Å². The SMILES string of the molecule is IC1CC2=C(CCC2)C1. The summed E-state index contributed by atoms with van der Waals surface area (Å²) in [6, 6.07) is 0. The predicted octanol–water partition coefficient (Wildman–Crippen LogP) is 3.06. The van der Waals surface area contributed by atoms with Crippen LogP contribution in [0.4, 0.5) is 0 Å². The Kier molecular flexibility index (Phi) is 1.55. The molecule has 0 spiro atoms. The highest BCUT2D eigenvalue weighted by Gasteiger charge is 2.24. The molecule has 0 saturated heterocycles. The van der Waals surface area contributed by atoms with Crippen molar-refractivity contribution in [3.05, 3.63) is 11.1 Å². The molecule has 0 aromatic carbocycles. The van der Waals surface area contributed by atoms with Gasteiger partial charge < -0.3 is 0 Å². The van der Waals surface area contributed by atoms with Crippen LogP contribution in [0.25, 0.3) is 0 Å². The first-order valence-corrected chi connectivity index (χ1v) is 4.94. The van der Waals surface area contributed by atoms with Gasteiger partial charge in [-0.1, -0.05) is 33.7 Å². The Morgan fingerprint density at radius 2 is 1.67 bits per heavy atom. The van der Waals surface area contributed by atoms with E-state index in [0.29, 0.717) is 0 Å². The number of hydrogen-bond acceptors (Lipinski definition) is 0. The number of halogens is 1. The lowest BCUT2D eigenvalue weighted by Crippen LogP contribution is -1.90. The Balaban J connectivity index is 2.15. The lowest BCUT2D eigenvalue weighted by Gasteiger charge is -2.00. The summed E-state index contributed by atoms with van der Waals surface area (Å²) in [5, 5.41) is 0. The molecule has 9 heavy (non-hydrogen) atoms. The van der Waals surface area contributed by atoms with Crippen LogP contribution in [0.1, 0.15) is 32.1 Å². The van der Waals surface area contributed by atoms with E-state index in [4.69, 9.17) is 0 Å². The van der Waals surface area contributed by atoms with Crippen LogP contribution in [0, 0.1) is 0 Å². The molecule has 0 aromatic heterocycles.